The zero-order chi connectivity index (χ0) is 16.6. The highest BCUT2D eigenvalue weighted by atomic mass is 32.1. The predicted molar refractivity (Wildman–Crippen MR) is 99.2 cm³/mol. The van der Waals surface area contributed by atoms with Crippen LogP contribution in [0.15, 0.2) is 65.1 Å². The summed E-state index contributed by atoms with van der Waals surface area (Å²) in [6.07, 6.45) is 4.02. The lowest BCUT2D eigenvalue weighted by atomic mass is 10.2. The van der Waals surface area contributed by atoms with Crippen molar-refractivity contribution < 1.29 is 4.42 Å². The summed E-state index contributed by atoms with van der Waals surface area (Å²) in [5.41, 5.74) is 1.96. The number of hydrogen-bond donors (Lipinski definition) is 0. The molecule has 5 rings (SSSR count). The zero-order valence-electron chi connectivity index (χ0n) is 13.0. The summed E-state index contributed by atoms with van der Waals surface area (Å²) in [5, 5.41) is 14.9. The molecule has 0 aliphatic heterocycles. The number of aromatic nitrogens is 4. The number of fused-ring (bicyclic) bond motifs is 2. The van der Waals surface area contributed by atoms with Crippen LogP contribution in [0.5, 0.6) is 0 Å². The highest BCUT2D eigenvalue weighted by Crippen LogP contribution is 2.28. The van der Waals surface area contributed by atoms with E-state index in [4.69, 9.17) is 4.42 Å². The van der Waals surface area contributed by atoms with E-state index in [0.717, 1.165) is 26.5 Å². The van der Waals surface area contributed by atoms with E-state index in [2.05, 4.69) is 27.4 Å². The summed E-state index contributed by atoms with van der Waals surface area (Å²) in [5.74, 6) is 1.28. The number of nitrogens with zero attached hydrogens (tertiary/aromatic N) is 4. The third kappa shape index (κ3) is 2.53. The van der Waals surface area contributed by atoms with Crippen LogP contribution in [0.2, 0.25) is 0 Å². The molecule has 2 aromatic carbocycles. The van der Waals surface area contributed by atoms with E-state index in [9.17, 15) is 0 Å². The molecule has 120 valence electrons. The van der Waals surface area contributed by atoms with E-state index in [1.54, 1.807) is 4.52 Å². The second kappa shape index (κ2) is 5.68. The van der Waals surface area contributed by atoms with Gasteiger partial charge in [-0.05, 0) is 23.8 Å². The van der Waals surface area contributed by atoms with Gasteiger partial charge in [0.15, 0.2) is 5.76 Å². The zero-order valence-corrected chi connectivity index (χ0v) is 13.9. The van der Waals surface area contributed by atoms with Gasteiger partial charge in [-0.2, -0.15) is 9.61 Å². The predicted octanol–water partition coefficient (Wildman–Crippen LogP) is 4.77. The number of para-hydroxylation sites is 1. The Morgan fingerprint density at radius 3 is 2.64 bits per heavy atom. The first kappa shape index (κ1) is 14.1. The van der Waals surface area contributed by atoms with Gasteiger partial charge in [-0.3, -0.25) is 0 Å². The number of furan rings is 1. The number of rotatable bonds is 3. The van der Waals surface area contributed by atoms with E-state index in [1.165, 1.54) is 11.3 Å². The van der Waals surface area contributed by atoms with Gasteiger partial charge in [0.05, 0.1) is 0 Å². The Morgan fingerprint density at radius 2 is 1.76 bits per heavy atom. The van der Waals surface area contributed by atoms with Gasteiger partial charge >= 0.3 is 0 Å². The highest BCUT2D eigenvalue weighted by molar-refractivity contribution is 7.17. The van der Waals surface area contributed by atoms with Crippen LogP contribution in [-0.2, 0) is 0 Å². The molecule has 0 saturated carbocycles. The van der Waals surface area contributed by atoms with Crippen LogP contribution in [0.25, 0.3) is 39.7 Å². The summed E-state index contributed by atoms with van der Waals surface area (Å²) < 4.78 is 7.61. The minimum Gasteiger partial charge on any atom is -0.453 e. The lowest BCUT2D eigenvalue weighted by Gasteiger charge is -1.90. The third-order valence-electron chi connectivity index (χ3n) is 3.87. The second-order valence-corrected chi connectivity index (χ2v) is 6.54. The minimum absolute atomic E-state index is 0.613. The van der Waals surface area contributed by atoms with E-state index in [-0.39, 0.29) is 0 Å². The molecule has 0 N–H and O–H groups in total. The first-order valence-corrected chi connectivity index (χ1v) is 8.63. The van der Waals surface area contributed by atoms with Crippen molar-refractivity contribution in [2.75, 3.05) is 0 Å². The normalized spacial score (nSPS) is 11.8. The summed E-state index contributed by atoms with van der Waals surface area (Å²) in [6.45, 7) is 0. The molecule has 25 heavy (non-hydrogen) atoms. The first-order chi connectivity index (χ1) is 12.4. The van der Waals surface area contributed by atoms with Gasteiger partial charge < -0.3 is 4.42 Å². The Labute approximate surface area is 146 Å². The molecular formula is C19H12N4OS. The Balaban J connectivity index is 1.54. The maximum absolute atomic E-state index is 5.88. The van der Waals surface area contributed by atoms with Gasteiger partial charge in [0.1, 0.15) is 10.6 Å². The molecule has 0 spiro atoms. The number of hydrogen-bond acceptors (Lipinski definition) is 5. The monoisotopic (exact) mass is 344 g/mol. The van der Waals surface area contributed by atoms with Crippen LogP contribution in [0.4, 0.5) is 0 Å². The molecule has 5 nitrogen and oxygen atoms in total. The summed E-state index contributed by atoms with van der Waals surface area (Å²) in [7, 11) is 0. The Morgan fingerprint density at radius 1 is 0.920 bits per heavy atom. The van der Waals surface area contributed by atoms with Gasteiger partial charge in [0.2, 0.25) is 10.8 Å². The molecule has 0 amide bonds. The number of benzene rings is 2. The van der Waals surface area contributed by atoms with E-state index >= 15 is 0 Å². The van der Waals surface area contributed by atoms with Crippen molar-refractivity contribution in [2.45, 2.75) is 0 Å². The third-order valence-corrected chi connectivity index (χ3v) is 4.73. The lowest BCUT2D eigenvalue weighted by Crippen LogP contribution is -1.89. The molecule has 5 aromatic rings. The topological polar surface area (TPSA) is 56.2 Å². The van der Waals surface area contributed by atoms with Crippen molar-refractivity contribution in [1.82, 2.24) is 19.8 Å². The van der Waals surface area contributed by atoms with Crippen LogP contribution in [-0.4, -0.2) is 19.8 Å². The second-order valence-electron chi connectivity index (χ2n) is 5.55. The van der Waals surface area contributed by atoms with Gasteiger partial charge in [0, 0.05) is 5.39 Å². The fourth-order valence-corrected chi connectivity index (χ4v) is 3.42. The van der Waals surface area contributed by atoms with Gasteiger partial charge in [0.25, 0.3) is 0 Å². The summed E-state index contributed by atoms with van der Waals surface area (Å²) in [4.78, 5) is 0.739. The van der Waals surface area contributed by atoms with E-state index < -0.39 is 0 Å². The van der Waals surface area contributed by atoms with Crippen molar-refractivity contribution >= 4 is 39.4 Å². The molecule has 3 heterocycles. The van der Waals surface area contributed by atoms with Gasteiger partial charge in [-0.1, -0.05) is 65.9 Å². The maximum Gasteiger partial charge on any atom is 0.235 e. The van der Waals surface area contributed by atoms with E-state index in [0.29, 0.717) is 11.6 Å². The Kier molecular flexibility index (Phi) is 3.21. The fourth-order valence-electron chi connectivity index (χ4n) is 2.68. The molecule has 0 fully saturated rings. The highest BCUT2D eigenvalue weighted by Gasteiger charge is 2.16. The van der Waals surface area contributed by atoms with Gasteiger partial charge in [-0.25, -0.2) is 0 Å². The Bertz CT molecular complexity index is 1170. The Hall–Kier alpha value is -3.25. The largest absolute Gasteiger partial charge is 0.453 e. The van der Waals surface area contributed by atoms with Crippen molar-refractivity contribution in [3.05, 3.63) is 71.2 Å². The molecule has 0 bridgehead atoms. The lowest BCUT2D eigenvalue weighted by molar-refractivity contribution is 0.622. The first-order valence-electron chi connectivity index (χ1n) is 7.81. The van der Waals surface area contributed by atoms with Crippen LogP contribution in [0.3, 0.4) is 0 Å². The average molecular weight is 344 g/mol. The molecule has 0 atom stereocenters. The molecule has 0 radical (unpaired) electrons. The van der Waals surface area contributed by atoms with Crippen molar-refractivity contribution in [3.8, 4) is 11.6 Å². The van der Waals surface area contributed by atoms with Crippen molar-refractivity contribution in [3.63, 3.8) is 0 Å². The molecule has 3 aromatic heterocycles. The smallest absolute Gasteiger partial charge is 0.235 e. The molecule has 0 aliphatic carbocycles. The fraction of sp³-hybridized carbons (Fsp3) is 0. The summed E-state index contributed by atoms with van der Waals surface area (Å²) in [6, 6.07) is 20.0. The molecule has 6 heteroatoms. The maximum atomic E-state index is 5.88. The summed E-state index contributed by atoms with van der Waals surface area (Å²) >= 11 is 1.49. The van der Waals surface area contributed by atoms with Crippen molar-refractivity contribution in [1.29, 1.82) is 0 Å². The van der Waals surface area contributed by atoms with Crippen LogP contribution < -0.4 is 0 Å². The molecule has 0 aliphatic rings. The minimum atomic E-state index is 0.613. The van der Waals surface area contributed by atoms with Crippen LogP contribution >= 0.6 is 11.3 Å². The van der Waals surface area contributed by atoms with Crippen LogP contribution in [0.1, 0.15) is 10.6 Å². The molecule has 0 saturated heterocycles. The molecule has 0 unspecified atom stereocenters. The van der Waals surface area contributed by atoms with Gasteiger partial charge in [-0.15, -0.1) is 10.2 Å². The average Bonchev–Trinajstić information content (AvgIpc) is 3.33. The van der Waals surface area contributed by atoms with E-state index in [1.807, 2.05) is 60.7 Å². The standard InChI is InChI=1S/C19H12N4OS/c1-2-6-13(7-3-1)10-11-17-22-23-18(20-21-19(23)25-17)16-12-14-8-4-5-9-15(14)24-16/h1-12H/b11-10+. The quantitative estimate of drug-likeness (QED) is 0.473. The van der Waals surface area contributed by atoms with Crippen molar-refractivity contribution in [2.24, 2.45) is 0 Å². The molecular weight excluding hydrogens is 332 g/mol. The van der Waals surface area contributed by atoms with Crippen LogP contribution in [0, 0.1) is 0 Å². The SMILES string of the molecule is C(=C\c1nn2c(-c3cc4ccccc4o3)nnc2s1)/c1ccccc1.